The van der Waals surface area contributed by atoms with Crippen molar-refractivity contribution in [3.63, 3.8) is 0 Å². The summed E-state index contributed by atoms with van der Waals surface area (Å²) >= 11 is 0. The second-order valence-corrected chi connectivity index (χ2v) is 8.49. The maximum Gasteiger partial charge on any atom is 0.513 e. The molecule has 3 aromatic rings. The summed E-state index contributed by atoms with van der Waals surface area (Å²) in [6, 6.07) is 21.5. The van der Waals surface area contributed by atoms with Crippen LogP contribution in [0.3, 0.4) is 0 Å². The zero-order valence-electron chi connectivity index (χ0n) is 17.8. The monoisotopic (exact) mass is 470 g/mol. The van der Waals surface area contributed by atoms with E-state index in [1.165, 1.54) is 24.3 Å². The number of hydrogen-bond acceptors (Lipinski definition) is 7. The van der Waals surface area contributed by atoms with Crippen molar-refractivity contribution < 1.29 is 28.1 Å². The van der Waals surface area contributed by atoms with Crippen LogP contribution in [0.5, 0.6) is 11.5 Å². The molecule has 0 aliphatic rings. The topological polar surface area (TPSA) is 117 Å². The fourth-order valence-electron chi connectivity index (χ4n) is 2.92. The number of nitrogens with zero attached hydrogens (tertiary/aromatic N) is 1. The van der Waals surface area contributed by atoms with Crippen LogP contribution >= 0.6 is 7.75 Å². The summed E-state index contributed by atoms with van der Waals surface area (Å²) in [5.41, 5.74) is 0.659. The lowest BCUT2D eigenvalue weighted by molar-refractivity contribution is -0.384. The van der Waals surface area contributed by atoms with Crippen LogP contribution in [0.1, 0.15) is 12.5 Å². The molecule has 0 spiro atoms. The van der Waals surface area contributed by atoms with Gasteiger partial charge in [-0.15, -0.1) is 0 Å². The molecule has 3 aromatic carbocycles. The van der Waals surface area contributed by atoms with Gasteiger partial charge in [0.2, 0.25) is 0 Å². The summed E-state index contributed by atoms with van der Waals surface area (Å²) in [4.78, 5) is 23.0. The molecular weight excluding hydrogens is 447 g/mol. The molecule has 10 heteroatoms. The molecule has 3 rings (SSSR count). The lowest BCUT2D eigenvalue weighted by Crippen LogP contribution is -2.40. The number of esters is 1. The van der Waals surface area contributed by atoms with Gasteiger partial charge in [0, 0.05) is 12.1 Å². The summed E-state index contributed by atoms with van der Waals surface area (Å²) in [6.45, 7) is 1.81. The average molecular weight is 470 g/mol. The van der Waals surface area contributed by atoms with Crippen molar-refractivity contribution in [2.75, 3.05) is 6.61 Å². The third-order valence-electron chi connectivity index (χ3n) is 4.41. The Morgan fingerprint density at radius 2 is 1.48 bits per heavy atom. The van der Waals surface area contributed by atoms with Gasteiger partial charge >= 0.3 is 13.7 Å². The van der Waals surface area contributed by atoms with Gasteiger partial charge in [-0.25, -0.2) is 4.57 Å². The number of ether oxygens (including phenoxy) is 1. The molecule has 2 atom stereocenters. The third-order valence-corrected chi connectivity index (χ3v) is 5.94. The number of para-hydroxylation sites is 1. The number of benzene rings is 3. The summed E-state index contributed by atoms with van der Waals surface area (Å²) in [7, 11) is -4.19. The Morgan fingerprint density at radius 3 is 2.03 bits per heavy atom. The van der Waals surface area contributed by atoms with E-state index in [2.05, 4.69) is 5.09 Å². The normalized spacial score (nSPS) is 13.4. The van der Waals surface area contributed by atoms with Gasteiger partial charge in [-0.1, -0.05) is 48.5 Å². The van der Waals surface area contributed by atoms with E-state index < -0.39 is 24.7 Å². The quantitative estimate of drug-likeness (QED) is 0.182. The molecule has 0 radical (unpaired) electrons. The number of nitrogens with one attached hydrogen (secondary N) is 1. The van der Waals surface area contributed by atoms with Crippen molar-refractivity contribution >= 4 is 19.4 Å². The molecule has 0 saturated carbocycles. The van der Waals surface area contributed by atoms with E-state index in [0.717, 1.165) is 5.56 Å². The van der Waals surface area contributed by atoms with Gasteiger partial charge in [-0.05, 0) is 43.2 Å². The number of carbonyl (C=O) groups excluding carboxylic acids is 1. The van der Waals surface area contributed by atoms with Crippen LogP contribution in [0.15, 0.2) is 84.9 Å². The Balaban J connectivity index is 1.90. The molecule has 0 fully saturated rings. The van der Waals surface area contributed by atoms with Crippen LogP contribution in [0.25, 0.3) is 0 Å². The van der Waals surface area contributed by atoms with Crippen LogP contribution < -0.4 is 14.1 Å². The zero-order valence-corrected chi connectivity index (χ0v) is 18.7. The number of rotatable bonds is 11. The number of non-ortho nitro benzene ring substituents is 1. The second-order valence-electron chi connectivity index (χ2n) is 6.87. The van der Waals surface area contributed by atoms with E-state index >= 15 is 0 Å². The predicted octanol–water partition coefficient (Wildman–Crippen LogP) is 4.92. The van der Waals surface area contributed by atoms with E-state index in [1.807, 2.05) is 30.3 Å². The molecule has 0 saturated heterocycles. The first-order valence-electron chi connectivity index (χ1n) is 10.2. The minimum absolute atomic E-state index is 0.0645. The molecule has 0 amide bonds. The van der Waals surface area contributed by atoms with Crippen molar-refractivity contribution in [2.24, 2.45) is 0 Å². The Bertz CT molecular complexity index is 1110. The Hall–Kier alpha value is -3.68. The summed E-state index contributed by atoms with van der Waals surface area (Å²) in [6.07, 6.45) is 0.172. The highest BCUT2D eigenvalue weighted by Crippen LogP contribution is 2.45. The molecule has 0 aliphatic carbocycles. The molecule has 0 heterocycles. The Morgan fingerprint density at radius 1 is 0.939 bits per heavy atom. The smallest absolute Gasteiger partial charge is 0.465 e. The lowest BCUT2D eigenvalue weighted by atomic mass is 10.1. The molecular formula is C23H23N2O7P. The lowest BCUT2D eigenvalue weighted by Gasteiger charge is -2.25. The molecule has 0 aromatic heterocycles. The molecule has 2 unspecified atom stereocenters. The van der Waals surface area contributed by atoms with E-state index in [-0.39, 0.29) is 30.2 Å². The highest BCUT2D eigenvalue weighted by atomic mass is 31.2. The van der Waals surface area contributed by atoms with Gasteiger partial charge in [0.15, 0.2) is 0 Å². The van der Waals surface area contributed by atoms with Gasteiger partial charge < -0.3 is 13.8 Å². The molecule has 172 valence electrons. The largest absolute Gasteiger partial charge is 0.513 e. The maximum absolute atomic E-state index is 13.8. The predicted molar refractivity (Wildman–Crippen MR) is 122 cm³/mol. The van der Waals surface area contributed by atoms with Crippen molar-refractivity contribution in [1.82, 2.24) is 5.09 Å². The van der Waals surface area contributed by atoms with Crippen LogP contribution in [0, 0.1) is 10.1 Å². The van der Waals surface area contributed by atoms with Gasteiger partial charge in [0.1, 0.15) is 17.5 Å². The minimum Gasteiger partial charge on any atom is -0.465 e. The first-order valence-corrected chi connectivity index (χ1v) is 11.7. The van der Waals surface area contributed by atoms with Crippen molar-refractivity contribution in [3.05, 3.63) is 101 Å². The Kier molecular flexibility index (Phi) is 8.18. The number of hydrogen-bond donors (Lipinski definition) is 1. The van der Waals surface area contributed by atoms with E-state index in [4.69, 9.17) is 13.8 Å². The van der Waals surface area contributed by atoms with Gasteiger partial charge in [-0.2, -0.15) is 5.09 Å². The first-order chi connectivity index (χ1) is 15.9. The number of carbonyl (C=O) groups is 1. The molecule has 1 N–H and O–H groups in total. The van der Waals surface area contributed by atoms with Crippen LogP contribution in [-0.4, -0.2) is 23.5 Å². The molecule has 0 aliphatic heterocycles. The van der Waals surface area contributed by atoms with Crippen molar-refractivity contribution in [1.29, 1.82) is 0 Å². The van der Waals surface area contributed by atoms with Crippen LogP contribution in [-0.2, 0) is 20.5 Å². The second kappa shape index (κ2) is 11.3. The van der Waals surface area contributed by atoms with Crippen molar-refractivity contribution in [2.45, 2.75) is 19.4 Å². The van der Waals surface area contributed by atoms with Gasteiger partial charge in [0.25, 0.3) is 5.69 Å². The minimum atomic E-state index is -4.19. The van der Waals surface area contributed by atoms with E-state index in [0.29, 0.717) is 0 Å². The number of nitro groups is 1. The molecule has 33 heavy (non-hydrogen) atoms. The van der Waals surface area contributed by atoms with E-state index in [1.54, 1.807) is 37.3 Å². The highest BCUT2D eigenvalue weighted by Gasteiger charge is 2.36. The zero-order chi connectivity index (χ0) is 23.7. The van der Waals surface area contributed by atoms with Gasteiger partial charge in [0.05, 0.1) is 11.5 Å². The average Bonchev–Trinajstić information content (AvgIpc) is 2.80. The van der Waals surface area contributed by atoms with Gasteiger partial charge in [-0.3, -0.25) is 14.9 Å². The van der Waals surface area contributed by atoms with Crippen LogP contribution in [0.4, 0.5) is 5.69 Å². The van der Waals surface area contributed by atoms with Crippen LogP contribution in [0.2, 0.25) is 0 Å². The van der Waals surface area contributed by atoms with E-state index in [9.17, 15) is 19.5 Å². The summed E-state index contributed by atoms with van der Waals surface area (Å²) in [5, 5.41) is 13.6. The van der Waals surface area contributed by atoms with Crippen molar-refractivity contribution in [3.8, 4) is 11.5 Å². The molecule has 9 nitrogen and oxygen atoms in total. The first kappa shape index (κ1) is 24.0. The SMILES string of the molecule is CCOC(=O)C(Cc1ccccc1)NP(=O)(Oc1ccccc1)Oc1ccc([N+](=O)[O-])cc1. The highest BCUT2D eigenvalue weighted by molar-refractivity contribution is 7.52. The summed E-state index contributed by atoms with van der Waals surface area (Å²) in [5.74, 6) is -0.308. The fraction of sp³-hybridized carbons (Fsp3) is 0.174. The maximum atomic E-state index is 13.8. The third kappa shape index (κ3) is 7.17. The molecule has 0 bridgehead atoms. The Labute approximate surface area is 191 Å². The summed E-state index contributed by atoms with van der Waals surface area (Å²) < 4.78 is 30.2. The number of nitro benzene ring substituents is 1. The standard InChI is InChI=1S/C23H23N2O7P/c1-2-30-23(26)22(17-18-9-5-3-6-10-18)24-33(29,31-20-11-7-4-8-12-20)32-21-15-13-19(14-16-21)25(27)28/h3-16,22H,2,17H2,1H3,(H,24,29). The fourth-order valence-corrected chi connectivity index (χ4v) is 4.44.